The van der Waals surface area contributed by atoms with Crippen LogP contribution in [0.3, 0.4) is 0 Å². The molecule has 0 radical (unpaired) electrons. The molecule has 0 aromatic heterocycles. The zero-order chi connectivity index (χ0) is 13.1. The Kier molecular flexibility index (Phi) is 4.51. The van der Waals surface area contributed by atoms with Gasteiger partial charge in [-0.05, 0) is 31.8 Å². The fraction of sp³-hybridized carbons (Fsp3) is 0.857. The maximum Gasteiger partial charge on any atom is 0.0966 e. The van der Waals surface area contributed by atoms with Gasteiger partial charge in [0.25, 0.3) is 0 Å². The molecule has 2 aliphatic heterocycles. The SMILES string of the molecule is C=C1N(CC(C)CO)CCN1CC1CCN(C)C1. The Bertz CT molecular complexity index is 295. The summed E-state index contributed by atoms with van der Waals surface area (Å²) in [7, 11) is 2.20. The minimum atomic E-state index is 0.261. The van der Waals surface area contributed by atoms with Crippen molar-refractivity contribution in [1.29, 1.82) is 0 Å². The third kappa shape index (κ3) is 3.18. The van der Waals surface area contributed by atoms with Crippen LogP contribution in [0.4, 0.5) is 0 Å². The average Bonchev–Trinajstić information content (AvgIpc) is 2.90. The van der Waals surface area contributed by atoms with Crippen LogP contribution in [0.2, 0.25) is 0 Å². The number of rotatable bonds is 5. The van der Waals surface area contributed by atoms with Crippen LogP contribution < -0.4 is 0 Å². The fourth-order valence-corrected chi connectivity index (χ4v) is 3.01. The molecule has 0 amide bonds. The molecule has 0 spiro atoms. The smallest absolute Gasteiger partial charge is 0.0966 e. The second-order valence-corrected chi connectivity index (χ2v) is 6.01. The molecular weight excluding hydrogens is 226 g/mol. The van der Waals surface area contributed by atoms with Crippen molar-refractivity contribution in [3.63, 3.8) is 0 Å². The first kappa shape index (κ1) is 13.7. The van der Waals surface area contributed by atoms with Crippen LogP contribution in [0, 0.1) is 11.8 Å². The summed E-state index contributed by atoms with van der Waals surface area (Å²) in [5.41, 5.74) is 0. The largest absolute Gasteiger partial charge is 0.396 e. The molecule has 2 aliphatic rings. The van der Waals surface area contributed by atoms with Crippen molar-refractivity contribution in [3.05, 3.63) is 12.4 Å². The molecule has 2 unspecified atom stereocenters. The van der Waals surface area contributed by atoms with E-state index in [9.17, 15) is 0 Å². The van der Waals surface area contributed by atoms with Gasteiger partial charge in [-0.2, -0.15) is 0 Å². The van der Waals surface area contributed by atoms with Gasteiger partial charge >= 0.3 is 0 Å². The molecule has 1 N–H and O–H groups in total. The third-order valence-corrected chi connectivity index (χ3v) is 4.18. The van der Waals surface area contributed by atoms with E-state index < -0.39 is 0 Å². The summed E-state index contributed by atoms with van der Waals surface area (Å²) < 4.78 is 0. The molecule has 2 fully saturated rings. The van der Waals surface area contributed by atoms with Gasteiger partial charge in [-0.25, -0.2) is 0 Å². The molecule has 2 heterocycles. The molecule has 0 aromatic rings. The van der Waals surface area contributed by atoms with E-state index in [1.165, 1.54) is 19.5 Å². The lowest BCUT2D eigenvalue weighted by atomic mass is 10.1. The molecule has 4 nitrogen and oxygen atoms in total. The van der Waals surface area contributed by atoms with Gasteiger partial charge in [-0.15, -0.1) is 0 Å². The molecule has 2 saturated heterocycles. The number of hydrogen-bond acceptors (Lipinski definition) is 4. The van der Waals surface area contributed by atoms with E-state index in [4.69, 9.17) is 5.11 Å². The lowest BCUT2D eigenvalue weighted by Gasteiger charge is -2.27. The topological polar surface area (TPSA) is 30.0 Å². The Balaban J connectivity index is 1.80. The maximum atomic E-state index is 9.13. The summed E-state index contributed by atoms with van der Waals surface area (Å²) in [5, 5.41) is 9.13. The van der Waals surface area contributed by atoms with Gasteiger partial charge in [0, 0.05) is 39.3 Å². The Labute approximate surface area is 111 Å². The van der Waals surface area contributed by atoms with Crippen molar-refractivity contribution < 1.29 is 5.11 Å². The Morgan fingerprint density at radius 2 is 2.06 bits per heavy atom. The first-order valence-electron chi connectivity index (χ1n) is 7.08. The molecule has 4 heteroatoms. The van der Waals surface area contributed by atoms with Gasteiger partial charge in [0.05, 0.1) is 5.82 Å². The highest BCUT2D eigenvalue weighted by Crippen LogP contribution is 2.23. The zero-order valence-electron chi connectivity index (χ0n) is 11.8. The predicted molar refractivity (Wildman–Crippen MR) is 74.1 cm³/mol. The predicted octanol–water partition coefficient (Wildman–Crippen LogP) is 0.655. The van der Waals surface area contributed by atoms with Crippen molar-refractivity contribution in [1.82, 2.24) is 14.7 Å². The van der Waals surface area contributed by atoms with E-state index in [0.717, 1.165) is 37.9 Å². The van der Waals surface area contributed by atoms with Crippen LogP contribution in [0.15, 0.2) is 12.4 Å². The average molecular weight is 253 g/mol. The second kappa shape index (κ2) is 5.93. The summed E-state index contributed by atoms with van der Waals surface area (Å²) in [6.45, 7) is 13.2. The molecule has 104 valence electrons. The van der Waals surface area contributed by atoms with Crippen molar-refractivity contribution in [2.75, 3.05) is 52.9 Å². The zero-order valence-corrected chi connectivity index (χ0v) is 11.8. The summed E-state index contributed by atoms with van der Waals surface area (Å²) >= 11 is 0. The summed E-state index contributed by atoms with van der Waals surface area (Å²) in [6.07, 6.45) is 1.31. The van der Waals surface area contributed by atoms with Crippen molar-refractivity contribution in [3.8, 4) is 0 Å². The standard InChI is InChI=1S/C14H27N3O/c1-12(11-18)8-16-6-7-17(13(16)2)10-14-4-5-15(3)9-14/h12,14,18H,2,4-11H2,1,3H3. The highest BCUT2D eigenvalue weighted by Gasteiger charge is 2.28. The minimum absolute atomic E-state index is 0.261. The quantitative estimate of drug-likeness (QED) is 0.779. The molecule has 0 bridgehead atoms. The first-order valence-corrected chi connectivity index (χ1v) is 7.08. The maximum absolute atomic E-state index is 9.13. The van der Waals surface area contributed by atoms with Gasteiger partial charge in [0.1, 0.15) is 0 Å². The first-order chi connectivity index (χ1) is 8.60. The van der Waals surface area contributed by atoms with E-state index in [-0.39, 0.29) is 6.61 Å². The second-order valence-electron chi connectivity index (χ2n) is 6.01. The molecule has 2 atom stereocenters. The van der Waals surface area contributed by atoms with Gasteiger partial charge in [-0.3, -0.25) is 0 Å². The Morgan fingerprint density at radius 1 is 1.33 bits per heavy atom. The molecular formula is C14H27N3O. The summed E-state index contributed by atoms with van der Waals surface area (Å²) in [4.78, 5) is 7.16. The van der Waals surface area contributed by atoms with E-state index >= 15 is 0 Å². The van der Waals surface area contributed by atoms with E-state index in [2.05, 4.69) is 35.3 Å². The number of aliphatic hydroxyl groups is 1. The lowest BCUT2D eigenvalue weighted by Crippen LogP contribution is -2.30. The fourth-order valence-electron chi connectivity index (χ4n) is 3.01. The van der Waals surface area contributed by atoms with Crippen LogP contribution in [0.1, 0.15) is 13.3 Å². The Morgan fingerprint density at radius 3 is 2.67 bits per heavy atom. The van der Waals surface area contributed by atoms with E-state index in [1.54, 1.807) is 0 Å². The van der Waals surface area contributed by atoms with Crippen LogP contribution >= 0.6 is 0 Å². The summed E-state index contributed by atoms with van der Waals surface area (Å²) in [6, 6.07) is 0. The van der Waals surface area contributed by atoms with Crippen molar-refractivity contribution in [2.45, 2.75) is 13.3 Å². The number of hydrogen-bond donors (Lipinski definition) is 1. The lowest BCUT2D eigenvalue weighted by molar-refractivity contribution is 0.197. The highest BCUT2D eigenvalue weighted by molar-refractivity contribution is 5.01. The molecule has 0 aromatic carbocycles. The third-order valence-electron chi connectivity index (χ3n) is 4.18. The monoisotopic (exact) mass is 253 g/mol. The van der Waals surface area contributed by atoms with Crippen molar-refractivity contribution >= 4 is 0 Å². The van der Waals surface area contributed by atoms with Crippen LogP contribution in [0.5, 0.6) is 0 Å². The van der Waals surface area contributed by atoms with E-state index in [0.29, 0.717) is 5.92 Å². The molecule has 0 saturated carbocycles. The minimum Gasteiger partial charge on any atom is -0.396 e. The van der Waals surface area contributed by atoms with Crippen LogP contribution in [-0.4, -0.2) is 72.7 Å². The Hall–Kier alpha value is -0.740. The molecule has 0 aliphatic carbocycles. The molecule has 2 rings (SSSR count). The number of aliphatic hydroxyl groups excluding tert-OH is 1. The van der Waals surface area contributed by atoms with Crippen LogP contribution in [0.25, 0.3) is 0 Å². The van der Waals surface area contributed by atoms with Crippen molar-refractivity contribution in [2.24, 2.45) is 11.8 Å². The van der Waals surface area contributed by atoms with E-state index in [1.807, 2.05) is 0 Å². The van der Waals surface area contributed by atoms with Gasteiger partial charge < -0.3 is 19.8 Å². The van der Waals surface area contributed by atoms with Gasteiger partial charge in [0.15, 0.2) is 0 Å². The van der Waals surface area contributed by atoms with Gasteiger partial charge in [0.2, 0.25) is 0 Å². The molecule has 18 heavy (non-hydrogen) atoms. The summed E-state index contributed by atoms with van der Waals surface area (Å²) in [5.74, 6) is 2.28. The number of likely N-dealkylation sites (tertiary alicyclic amines) is 1. The highest BCUT2D eigenvalue weighted by atomic mass is 16.3. The van der Waals surface area contributed by atoms with Gasteiger partial charge in [-0.1, -0.05) is 13.5 Å². The normalized spacial score (nSPS) is 27.3. The number of nitrogens with zero attached hydrogens (tertiary/aromatic N) is 3. The van der Waals surface area contributed by atoms with Crippen LogP contribution in [-0.2, 0) is 0 Å².